The van der Waals surface area contributed by atoms with E-state index >= 15 is 0 Å². The number of nitrogens with one attached hydrogen (secondary N) is 1. The molecule has 0 radical (unpaired) electrons. The molecule has 0 bridgehead atoms. The van der Waals surface area contributed by atoms with Crippen LogP contribution in [0.2, 0.25) is 0 Å². The molecule has 1 aliphatic carbocycles. The first-order valence-electron chi connectivity index (χ1n) is 12.0. The molecule has 1 aromatic heterocycles. The van der Waals surface area contributed by atoms with Crippen molar-refractivity contribution < 1.29 is 19.4 Å². The van der Waals surface area contributed by atoms with Gasteiger partial charge in [0.15, 0.2) is 0 Å². The summed E-state index contributed by atoms with van der Waals surface area (Å²) in [7, 11) is 0. The zero-order valence-corrected chi connectivity index (χ0v) is 18.9. The normalized spacial score (nSPS) is 18.2. The fourth-order valence-electron chi connectivity index (χ4n) is 4.61. The van der Waals surface area contributed by atoms with Crippen LogP contribution in [0, 0.1) is 16.7 Å². The van der Waals surface area contributed by atoms with E-state index in [1.807, 2.05) is 0 Å². The first-order valence-corrected chi connectivity index (χ1v) is 12.0. The molecule has 1 amide bonds. The first-order chi connectivity index (χ1) is 15.5. The molecule has 3 rings (SSSR count). The lowest BCUT2D eigenvalue weighted by molar-refractivity contribution is -0.144. The van der Waals surface area contributed by atoms with E-state index in [-0.39, 0.29) is 0 Å². The zero-order chi connectivity index (χ0) is 22.8. The number of carboxylic acids is 1. The number of nitriles is 1. The molecule has 0 aromatic carbocycles. The number of carboxylic acid groups (broad SMARTS) is 1. The second kappa shape index (κ2) is 12.0. The Morgan fingerprint density at radius 2 is 1.84 bits per heavy atom. The highest BCUT2D eigenvalue weighted by Gasteiger charge is 2.41. The third-order valence-corrected chi connectivity index (χ3v) is 6.76. The molecule has 1 fully saturated rings. The van der Waals surface area contributed by atoms with Crippen molar-refractivity contribution in [1.82, 2.24) is 10.3 Å². The minimum Gasteiger partial charge on any atom is -0.480 e. The van der Waals surface area contributed by atoms with Gasteiger partial charge in [-0.25, -0.2) is 4.79 Å². The lowest BCUT2D eigenvalue weighted by Gasteiger charge is -2.30. The molecular formula is C25H35N3O4. The summed E-state index contributed by atoms with van der Waals surface area (Å²) in [4.78, 5) is 29.0. The number of ether oxygens (including phenoxy) is 1. The molecule has 1 saturated heterocycles. The minimum absolute atomic E-state index is 0.306. The molecule has 2 N–H and O–H groups in total. The SMILES string of the molecule is N#CC1(C(=O)N[C@@H](CCCCCCCc2ccc3c(n2)CCCC3)C(=O)O)CCOCC1. The molecule has 0 unspecified atom stereocenters. The maximum atomic E-state index is 12.6. The third-order valence-electron chi connectivity index (χ3n) is 6.76. The Morgan fingerprint density at radius 1 is 1.12 bits per heavy atom. The number of amides is 1. The van der Waals surface area contributed by atoms with E-state index in [2.05, 4.69) is 23.5 Å². The molecule has 0 saturated carbocycles. The predicted octanol–water partition coefficient (Wildman–Crippen LogP) is 3.73. The Hall–Kier alpha value is -2.46. The fraction of sp³-hybridized carbons (Fsp3) is 0.680. The van der Waals surface area contributed by atoms with Crippen LogP contribution in [0.5, 0.6) is 0 Å². The van der Waals surface area contributed by atoms with Gasteiger partial charge in [-0.05, 0) is 69.4 Å². The molecule has 2 heterocycles. The van der Waals surface area contributed by atoms with Crippen molar-refractivity contribution in [2.24, 2.45) is 5.41 Å². The largest absolute Gasteiger partial charge is 0.480 e. The lowest BCUT2D eigenvalue weighted by Crippen LogP contribution is -2.50. The lowest BCUT2D eigenvalue weighted by atomic mass is 9.80. The third kappa shape index (κ3) is 6.52. The highest BCUT2D eigenvalue weighted by Crippen LogP contribution is 2.30. The maximum absolute atomic E-state index is 12.6. The smallest absolute Gasteiger partial charge is 0.326 e. The highest BCUT2D eigenvalue weighted by atomic mass is 16.5. The molecule has 7 heteroatoms. The summed E-state index contributed by atoms with van der Waals surface area (Å²) >= 11 is 0. The van der Waals surface area contributed by atoms with Crippen LogP contribution in [0.15, 0.2) is 12.1 Å². The number of carbonyl (C=O) groups is 2. The molecule has 32 heavy (non-hydrogen) atoms. The van der Waals surface area contributed by atoms with Crippen molar-refractivity contribution in [1.29, 1.82) is 5.26 Å². The number of hydrogen-bond acceptors (Lipinski definition) is 5. The van der Waals surface area contributed by atoms with Crippen molar-refractivity contribution in [3.8, 4) is 6.07 Å². The average molecular weight is 442 g/mol. The fourth-order valence-corrected chi connectivity index (χ4v) is 4.61. The summed E-state index contributed by atoms with van der Waals surface area (Å²) in [6.07, 6.45) is 11.6. The van der Waals surface area contributed by atoms with Gasteiger partial charge in [0.1, 0.15) is 11.5 Å². The van der Waals surface area contributed by atoms with Gasteiger partial charge in [-0.1, -0.05) is 31.7 Å². The van der Waals surface area contributed by atoms with E-state index in [0.717, 1.165) is 51.4 Å². The van der Waals surface area contributed by atoms with Crippen molar-refractivity contribution in [2.75, 3.05) is 13.2 Å². The first kappa shape index (κ1) is 24.2. The van der Waals surface area contributed by atoms with Crippen LogP contribution >= 0.6 is 0 Å². The molecule has 2 aliphatic rings. The van der Waals surface area contributed by atoms with Crippen LogP contribution < -0.4 is 5.32 Å². The summed E-state index contributed by atoms with van der Waals surface area (Å²) in [5, 5.41) is 21.6. The van der Waals surface area contributed by atoms with Crippen molar-refractivity contribution in [3.63, 3.8) is 0 Å². The molecule has 7 nitrogen and oxygen atoms in total. The summed E-state index contributed by atoms with van der Waals surface area (Å²) < 4.78 is 5.24. The number of nitrogens with zero attached hydrogens (tertiary/aromatic N) is 2. The Balaban J connectivity index is 1.34. The Kier molecular flexibility index (Phi) is 9.04. The number of pyridine rings is 1. The Bertz CT molecular complexity index is 827. The van der Waals surface area contributed by atoms with Crippen molar-refractivity contribution >= 4 is 11.9 Å². The van der Waals surface area contributed by atoms with Gasteiger partial charge in [-0.2, -0.15) is 5.26 Å². The summed E-state index contributed by atoms with van der Waals surface area (Å²) in [5.41, 5.74) is 2.71. The number of aromatic nitrogens is 1. The van der Waals surface area contributed by atoms with Crippen molar-refractivity contribution in [3.05, 3.63) is 29.1 Å². The van der Waals surface area contributed by atoms with Crippen LogP contribution in [0.3, 0.4) is 0 Å². The number of hydrogen-bond donors (Lipinski definition) is 2. The molecule has 0 spiro atoms. The van der Waals surface area contributed by atoms with E-state index in [4.69, 9.17) is 9.72 Å². The molecule has 1 aromatic rings. The van der Waals surface area contributed by atoms with Gasteiger partial charge in [0.25, 0.3) is 0 Å². The molecule has 1 aliphatic heterocycles. The monoisotopic (exact) mass is 441 g/mol. The van der Waals surface area contributed by atoms with Gasteiger partial charge < -0.3 is 15.2 Å². The van der Waals surface area contributed by atoms with Crippen LogP contribution in [0.1, 0.15) is 81.2 Å². The zero-order valence-electron chi connectivity index (χ0n) is 18.9. The van der Waals surface area contributed by atoms with E-state index in [1.54, 1.807) is 0 Å². The number of rotatable bonds is 11. The van der Waals surface area contributed by atoms with Gasteiger partial charge in [0, 0.05) is 24.6 Å². The van der Waals surface area contributed by atoms with E-state index < -0.39 is 23.3 Å². The van der Waals surface area contributed by atoms with Gasteiger partial charge in [-0.15, -0.1) is 0 Å². The van der Waals surface area contributed by atoms with Crippen LogP contribution in [0.25, 0.3) is 0 Å². The van der Waals surface area contributed by atoms with Crippen molar-refractivity contribution in [2.45, 2.75) is 89.5 Å². The maximum Gasteiger partial charge on any atom is 0.326 e. The average Bonchev–Trinajstić information content (AvgIpc) is 2.82. The van der Waals surface area contributed by atoms with Gasteiger partial charge >= 0.3 is 5.97 Å². The minimum atomic E-state index is -1.17. The van der Waals surface area contributed by atoms with Gasteiger partial charge in [-0.3, -0.25) is 9.78 Å². The van der Waals surface area contributed by atoms with Crippen LogP contribution in [0.4, 0.5) is 0 Å². The number of aryl methyl sites for hydroxylation is 3. The Labute approximate surface area is 190 Å². The molecular weight excluding hydrogens is 406 g/mol. The summed E-state index contributed by atoms with van der Waals surface area (Å²) in [6, 6.07) is 5.55. The molecule has 1 atom stereocenters. The van der Waals surface area contributed by atoms with Gasteiger partial charge in [0.2, 0.25) is 5.91 Å². The quantitative estimate of drug-likeness (QED) is 0.506. The van der Waals surface area contributed by atoms with Crippen LogP contribution in [-0.4, -0.2) is 41.2 Å². The summed E-state index contributed by atoms with van der Waals surface area (Å²) in [6.45, 7) is 0.694. The standard InChI is InChI=1S/C25H35N3O4/c26-18-25(14-16-32-17-15-25)24(31)28-22(23(29)30)11-5-3-1-2-4-9-20-13-12-19-8-6-7-10-21(19)27-20/h12-13,22H,1-11,14-17H2,(H,28,31)(H,29,30)/t22-/m0/s1. The number of carbonyl (C=O) groups excluding carboxylic acids is 1. The van der Waals surface area contributed by atoms with Gasteiger partial charge in [0.05, 0.1) is 6.07 Å². The van der Waals surface area contributed by atoms with E-state index in [1.165, 1.54) is 29.8 Å². The second-order valence-corrected chi connectivity index (χ2v) is 9.09. The topological polar surface area (TPSA) is 112 Å². The molecule has 174 valence electrons. The van der Waals surface area contributed by atoms with E-state index in [0.29, 0.717) is 32.5 Å². The Morgan fingerprint density at radius 3 is 2.59 bits per heavy atom. The second-order valence-electron chi connectivity index (χ2n) is 9.09. The summed E-state index contributed by atoms with van der Waals surface area (Å²) in [5.74, 6) is -1.52. The highest BCUT2D eigenvalue weighted by molar-refractivity contribution is 5.89. The number of unbranched alkanes of at least 4 members (excludes halogenated alkanes) is 4. The number of fused-ring (bicyclic) bond motifs is 1. The van der Waals surface area contributed by atoms with E-state index in [9.17, 15) is 20.0 Å². The number of aliphatic carboxylic acids is 1. The van der Waals surface area contributed by atoms with Crippen LogP contribution in [-0.2, 0) is 33.6 Å². The predicted molar refractivity (Wildman–Crippen MR) is 120 cm³/mol.